The molecule has 0 aromatic carbocycles. The van der Waals surface area contributed by atoms with Gasteiger partial charge in [-0.3, -0.25) is 14.4 Å². The maximum atomic E-state index is 12.8. The van der Waals surface area contributed by atoms with Crippen LogP contribution in [0.5, 0.6) is 0 Å². The molecule has 0 saturated carbocycles. The first-order valence-corrected chi connectivity index (χ1v) is 26.9. The van der Waals surface area contributed by atoms with Crippen molar-refractivity contribution in [2.75, 3.05) is 13.2 Å². The SMILES string of the molecule is CC/C=C\C/C=C\C/C=C\C/C=C\CCCCCCCCCCC(=O)OCC(COC(=O)CCCCCCC/C=C\CCCC)OC(=O)CCCCCCC/C=C\CCCCCCC. The van der Waals surface area contributed by atoms with Gasteiger partial charge in [0, 0.05) is 19.3 Å². The molecule has 0 rings (SSSR count). The fourth-order valence-corrected chi connectivity index (χ4v) is 7.35. The number of hydrogen-bond donors (Lipinski definition) is 0. The highest BCUT2D eigenvalue weighted by Gasteiger charge is 2.19. The number of carbonyl (C=O) groups is 3. The third-order valence-corrected chi connectivity index (χ3v) is 11.4. The first kappa shape index (κ1) is 60.9. The van der Waals surface area contributed by atoms with Crippen LogP contribution in [0.15, 0.2) is 72.9 Å². The molecule has 0 spiro atoms. The number of rotatable bonds is 48. The molecule has 0 aromatic heterocycles. The average Bonchev–Trinajstić information content (AvgIpc) is 3.29. The first-order chi connectivity index (χ1) is 31.5. The minimum absolute atomic E-state index is 0.0854. The van der Waals surface area contributed by atoms with E-state index < -0.39 is 6.10 Å². The second-order valence-corrected chi connectivity index (χ2v) is 17.7. The van der Waals surface area contributed by atoms with Crippen LogP contribution in [0.2, 0.25) is 0 Å². The molecule has 368 valence electrons. The molecule has 6 nitrogen and oxygen atoms in total. The summed E-state index contributed by atoms with van der Waals surface area (Å²) in [6, 6.07) is 0. The van der Waals surface area contributed by atoms with E-state index in [0.717, 1.165) is 109 Å². The Hall–Kier alpha value is -3.15. The Kier molecular flexibility index (Phi) is 49.9. The summed E-state index contributed by atoms with van der Waals surface area (Å²) < 4.78 is 16.8. The molecule has 0 aliphatic rings. The zero-order valence-corrected chi connectivity index (χ0v) is 42.0. The Balaban J connectivity index is 4.34. The molecule has 1 unspecified atom stereocenters. The summed E-state index contributed by atoms with van der Waals surface area (Å²) in [7, 11) is 0. The summed E-state index contributed by atoms with van der Waals surface area (Å²) in [5, 5.41) is 0. The summed E-state index contributed by atoms with van der Waals surface area (Å²) in [5.41, 5.74) is 0. The second kappa shape index (κ2) is 52.5. The molecule has 64 heavy (non-hydrogen) atoms. The van der Waals surface area contributed by atoms with Gasteiger partial charge in [-0.15, -0.1) is 0 Å². The predicted octanol–water partition coefficient (Wildman–Crippen LogP) is 17.8. The smallest absolute Gasteiger partial charge is 0.306 e. The first-order valence-electron chi connectivity index (χ1n) is 26.9. The molecular weight excluding hydrogens is 793 g/mol. The van der Waals surface area contributed by atoms with Crippen LogP contribution >= 0.6 is 0 Å². The topological polar surface area (TPSA) is 78.9 Å². The van der Waals surface area contributed by atoms with Crippen LogP contribution in [-0.4, -0.2) is 37.2 Å². The normalized spacial score (nSPS) is 12.6. The number of hydrogen-bond acceptors (Lipinski definition) is 6. The van der Waals surface area contributed by atoms with Gasteiger partial charge in [-0.1, -0.05) is 209 Å². The van der Waals surface area contributed by atoms with Gasteiger partial charge in [-0.25, -0.2) is 0 Å². The number of ether oxygens (including phenoxy) is 3. The lowest BCUT2D eigenvalue weighted by molar-refractivity contribution is -0.167. The molecule has 0 amide bonds. The fraction of sp³-hybridized carbons (Fsp3) is 0.741. The van der Waals surface area contributed by atoms with E-state index in [4.69, 9.17) is 14.2 Å². The van der Waals surface area contributed by atoms with Gasteiger partial charge in [0.1, 0.15) is 13.2 Å². The van der Waals surface area contributed by atoms with E-state index in [1.165, 1.54) is 109 Å². The lowest BCUT2D eigenvalue weighted by Crippen LogP contribution is -2.30. The molecule has 0 bridgehead atoms. The largest absolute Gasteiger partial charge is 0.462 e. The van der Waals surface area contributed by atoms with Crippen LogP contribution in [-0.2, 0) is 28.6 Å². The van der Waals surface area contributed by atoms with Crippen molar-refractivity contribution in [2.45, 2.75) is 264 Å². The van der Waals surface area contributed by atoms with Gasteiger partial charge in [0.05, 0.1) is 0 Å². The Morgan fingerprint density at radius 3 is 1.02 bits per heavy atom. The van der Waals surface area contributed by atoms with Crippen molar-refractivity contribution in [3.05, 3.63) is 72.9 Å². The van der Waals surface area contributed by atoms with E-state index in [0.29, 0.717) is 19.3 Å². The molecule has 0 aliphatic heterocycles. The third kappa shape index (κ3) is 49.9. The Bertz CT molecular complexity index is 1210. The highest BCUT2D eigenvalue weighted by atomic mass is 16.6. The van der Waals surface area contributed by atoms with Crippen molar-refractivity contribution in [3.63, 3.8) is 0 Å². The molecule has 0 aliphatic carbocycles. The van der Waals surface area contributed by atoms with Gasteiger partial charge < -0.3 is 14.2 Å². The van der Waals surface area contributed by atoms with E-state index >= 15 is 0 Å². The van der Waals surface area contributed by atoms with Crippen molar-refractivity contribution in [2.24, 2.45) is 0 Å². The molecule has 0 radical (unpaired) electrons. The number of unbranched alkanes of at least 4 members (excludes halogenated alkanes) is 25. The lowest BCUT2D eigenvalue weighted by Gasteiger charge is -2.18. The summed E-state index contributed by atoms with van der Waals surface area (Å²) in [6.07, 6.45) is 66.0. The van der Waals surface area contributed by atoms with Crippen LogP contribution in [0, 0.1) is 0 Å². The van der Waals surface area contributed by atoms with E-state index in [2.05, 4.69) is 93.7 Å². The molecule has 0 aromatic rings. The summed E-state index contributed by atoms with van der Waals surface area (Å²) >= 11 is 0. The van der Waals surface area contributed by atoms with Gasteiger partial charge in [-0.05, 0) is 103 Å². The highest BCUT2D eigenvalue weighted by Crippen LogP contribution is 2.14. The van der Waals surface area contributed by atoms with Crippen LogP contribution < -0.4 is 0 Å². The van der Waals surface area contributed by atoms with Crippen molar-refractivity contribution in [1.29, 1.82) is 0 Å². The third-order valence-electron chi connectivity index (χ3n) is 11.4. The van der Waals surface area contributed by atoms with Gasteiger partial charge in [0.15, 0.2) is 6.10 Å². The van der Waals surface area contributed by atoms with Gasteiger partial charge >= 0.3 is 17.9 Å². The fourth-order valence-electron chi connectivity index (χ4n) is 7.35. The van der Waals surface area contributed by atoms with Crippen molar-refractivity contribution in [3.8, 4) is 0 Å². The zero-order valence-electron chi connectivity index (χ0n) is 42.0. The molecule has 6 heteroatoms. The van der Waals surface area contributed by atoms with Gasteiger partial charge in [0.2, 0.25) is 0 Å². The Labute approximate surface area is 395 Å². The summed E-state index contributed by atoms with van der Waals surface area (Å²) in [6.45, 7) is 6.46. The van der Waals surface area contributed by atoms with Crippen LogP contribution in [0.1, 0.15) is 258 Å². The molecule has 0 heterocycles. The molecule has 1 atom stereocenters. The zero-order chi connectivity index (χ0) is 46.5. The van der Waals surface area contributed by atoms with Crippen molar-refractivity contribution >= 4 is 17.9 Å². The minimum Gasteiger partial charge on any atom is -0.462 e. The Morgan fingerprint density at radius 1 is 0.328 bits per heavy atom. The van der Waals surface area contributed by atoms with Gasteiger partial charge in [-0.2, -0.15) is 0 Å². The van der Waals surface area contributed by atoms with Crippen LogP contribution in [0.25, 0.3) is 0 Å². The average molecular weight is 893 g/mol. The van der Waals surface area contributed by atoms with Crippen molar-refractivity contribution in [1.82, 2.24) is 0 Å². The summed E-state index contributed by atoms with van der Waals surface area (Å²) in [5.74, 6) is -0.908. The standard InChI is InChI=1S/C58H100O6/c1-4-7-10-13-16-19-22-24-26-27-28-29-30-31-32-34-36-39-42-45-48-51-57(60)63-54-55(53-62-56(59)50-47-44-41-38-35-21-18-15-12-9-6-3)64-58(61)52-49-46-43-40-37-33-25-23-20-17-14-11-8-5-2/h7,10,15-16,18-19,23-26,28-29,55H,4-6,8-9,11-14,17,20-22,27,30-54H2,1-3H3/b10-7-,18-15-,19-16-,25-23-,26-24-,29-28-. The number of esters is 3. The quantitative estimate of drug-likeness (QED) is 0.0262. The predicted molar refractivity (Wildman–Crippen MR) is 274 cm³/mol. The number of allylic oxidation sites excluding steroid dienone is 12. The Morgan fingerprint density at radius 2 is 0.625 bits per heavy atom. The summed E-state index contributed by atoms with van der Waals surface area (Å²) in [4.78, 5) is 38.0. The van der Waals surface area contributed by atoms with Gasteiger partial charge in [0.25, 0.3) is 0 Å². The number of carbonyl (C=O) groups excluding carboxylic acids is 3. The van der Waals surface area contributed by atoms with E-state index in [1.807, 2.05) is 0 Å². The molecular formula is C58H100O6. The highest BCUT2D eigenvalue weighted by molar-refractivity contribution is 5.71. The minimum atomic E-state index is -0.785. The molecule has 0 fully saturated rings. The monoisotopic (exact) mass is 893 g/mol. The molecule has 0 N–H and O–H groups in total. The van der Waals surface area contributed by atoms with Crippen LogP contribution in [0.3, 0.4) is 0 Å². The van der Waals surface area contributed by atoms with E-state index in [-0.39, 0.29) is 31.1 Å². The van der Waals surface area contributed by atoms with Crippen molar-refractivity contribution < 1.29 is 28.6 Å². The maximum absolute atomic E-state index is 12.8. The second-order valence-electron chi connectivity index (χ2n) is 17.7. The van der Waals surface area contributed by atoms with E-state index in [9.17, 15) is 14.4 Å². The van der Waals surface area contributed by atoms with E-state index in [1.54, 1.807) is 0 Å². The lowest BCUT2D eigenvalue weighted by atomic mass is 10.1. The van der Waals surface area contributed by atoms with Crippen LogP contribution in [0.4, 0.5) is 0 Å². The molecule has 0 saturated heterocycles. The maximum Gasteiger partial charge on any atom is 0.306 e.